The molecule has 0 aliphatic heterocycles. The van der Waals surface area contributed by atoms with Gasteiger partial charge in [-0.25, -0.2) is 14.8 Å². The standard InChI is InChI=1S/C28H38N8O5/c1-3-4-5-6-7-8-15-41-27(40)21(13-14-22(37)38)33-26(39)18-9-11-20(12-10-18)36(2)17-19-16-31-25-23(32-19)24(29)34-28(30)35-25/h9-12,16,21H,3-8,13-15,17H2,1-2H3,(H,33,39)(H,37,38)(H4,29,30,31,34,35). The molecule has 0 saturated heterocycles. The molecule has 3 rings (SSSR count). The Morgan fingerprint density at radius 2 is 1.73 bits per heavy atom. The monoisotopic (exact) mass is 566 g/mol. The van der Waals surface area contributed by atoms with E-state index in [9.17, 15) is 14.4 Å². The molecule has 2 aromatic heterocycles. The summed E-state index contributed by atoms with van der Waals surface area (Å²) in [6, 6.07) is 5.70. The molecular formula is C28H38N8O5. The van der Waals surface area contributed by atoms with Gasteiger partial charge in [-0.3, -0.25) is 9.59 Å². The van der Waals surface area contributed by atoms with Crippen LogP contribution >= 0.6 is 0 Å². The fourth-order valence-corrected chi connectivity index (χ4v) is 4.17. The summed E-state index contributed by atoms with van der Waals surface area (Å²) in [5.74, 6) is -2.02. The van der Waals surface area contributed by atoms with Gasteiger partial charge in [-0.05, 0) is 37.1 Å². The van der Waals surface area contributed by atoms with Gasteiger partial charge in [-0.1, -0.05) is 39.0 Å². The summed E-state index contributed by atoms with van der Waals surface area (Å²) in [6.07, 6.45) is 7.48. The molecule has 2 heterocycles. The number of nitrogens with zero attached hydrogens (tertiary/aromatic N) is 5. The van der Waals surface area contributed by atoms with E-state index in [-0.39, 0.29) is 31.2 Å². The Hall–Kier alpha value is -4.55. The lowest BCUT2D eigenvalue weighted by atomic mass is 10.1. The van der Waals surface area contributed by atoms with Gasteiger partial charge in [0.25, 0.3) is 5.91 Å². The number of aliphatic carboxylic acids is 1. The van der Waals surface area contributed by atoms with Gasteiger partial charge in [0.1, 0.15) is 6.04 Å². The molecule has 0 aliphatic rings. The van der Waals surface area contributed by atoms with Crippen LogP contribution < -0.4 is 21.7 Å². The molecule has 0 radical (unpaired) electrons. The fraction of sp³-hybridized carbons (Fsp3) is 0.464. The number of hydrogen-bond donors (Lipinski definition) is 4. The maximum Gasteiger partial charge on any atom is 0.328 e. The predicted molar refractivity (Wildman–Crippen MR) is 155 cm³/mol. The van der Waals surface area contributed by atoms with E-state index in [1.165, 1.54) is 6.42 Å². The highest BCUT2D eigenvalue weighted by molar-refractivity contribution is 5.97. The lowest BCUT2D eigenvalue weighted by Crippen LogP contribution is -2.42. The van der Waals surface area contributed by atoms with Crippen molar-refractivity contribution in [1.29, 1.82) is 0 Å². The van der Waals surface area contributed by atoms with E-state index in [0.717, 1.165) is 37.8 Å². The van der Waals surface area contributed by atoms with Gasteiger partial charge < -0.3 is 31.5 Å². The maximum atomic E-state index is 12.9. The summed E-state index contributed by atoms with van der Waals surface area (Å²) in [4.78, 5) is 55.2. The van der Waals surface area contributed by atoms with Crippen LogP contribution in [-0.4, -0.2) is 62.6 Å². The second-order valence-corrected chi connectivity index (χ2v) is 9.80. The number of esters is 1. The van der Waals surface area contributed by atoms with Crippen LogP contribution in [0.3, 0.4) is 0 Å². The lowest BCUT2D eigenvalue weighted by molar-refractivity contribution is -0.146. The van der Waals surface area contributed by atoms with Crippen molar-refractivity contribution in [3.63, 3.8) is 0 Å². The minimum Gasteiger partial charge on any atom is -0.481 e. The number of rotatable bonds is 16. The number of nitrogen functional groups attached to an aromatic ring is 2. The van der Waals surface area contributed by atoms with Gasteiger partial charge >= 0.3 is 11.9 Å². The molecule has 13 heteroatoms. The minimum absolute atomic E-state index is 0.0246. The topological polar surface area (TPSA) is 200 Å². The SMILES string of the molecule is CCCCCCCCOC(=O)C(CCC(=O)O)NC(=O)c1ccc(N(C)Cc2cnc3nc(N)nc(N)c3n2)cc1. The van der Waals surface area contributed by atoms with Crippen molar-refractivity contribution in [2.45, 2.75) is 70.9 Å². The van der Waals surface area contributed by atoms with Crippen molar-refractivity contribution in [2.24, 2.45) is 0 Å². The Balaban J connectivity index is 1.58. The summed E-state index contributed by atoms with van der Waals surface area (Å²) >= 11 is 0. The van der Waals surface area contributed by atoms with Crippen molar-refractivity contribution in [2.75, 3.05) is 30.0 Å². The highest BCUT2D eigenvalue weighted by Crippen LogP contribution is 2.19. The van der Waals surface area contributed by atoms with E-state index < -0.39 is 23.9 Å². The predicted octanol–water partition coefficient (Wildman–Crippen LogP) is 3.09. The van der Waals surface area contributed by atoms with Crippen LogP contribution in [0, 0.1) is 0 Å². The molecule has 0 saturated carbocycles. The molecule has 41 heavy (non-hydrogen) atoms. The van der Waals surface area contributed by atoms with Crippen LogP contribution in [0.25, 0.3) is 11.2 Å². The third-order valence-corrected chi connectivity index (χ3v) is 6.45. The van der Waals surface area contributed by atoms with Crippen LogP contribution in [0.15, 0.2) is 30.5 Å². The van der Waals surface area contributed by atoms with E-state index in [1.54, 1.807) is 30.5 Å². The molecule has 0 fully saturated rings. The normalized spacial score (nSPS) is 11.7. The molecule has 0 bridgehead atoms. The van der Waals surface area contributed by atoms with Crippen LogP contribution in [0.1, 0.15) is 74.3 Å². The first kappa shape index (κ1) is 31.0. The Bertz CT molecular complexity index is 1340. The average Bonchev–Trinajstić information content (AvgIpc) is 2.94. The van der Waals surface area contributed by atoms with Gasteiger partial charge in [-0.2, -0.15) is 9.97 Å². The summed E-state index contributed by atoms with van der Waals surface area (Å²) in [5, 5.41) is 11.7. The second-order valence-electron chi connectivity index (χ2n) is 9.80. The number of anilines is 3. The van der Waals surface area contributed by atoms with E-state index in [2.05, 4.69) is 32.2 Å². The molecular weight excluding hydrogens is 528 g/mol. The molecule has 3 aromatic rings. The van der Waals surface area contributed by atoms with E-state index in [1.807, 2.05) is 11.9 Å². The number of carbonyl (C=O) groups excluding carboxylic acids is 2. The number of hydrogen-bond acceptors (Lipinski definition) is 11. The molecule has 13 nitrogen and oxygen atoms in total. The maximum absolute atomic E-state index is 12.9. The molecule has 0 spiro atoms. The first-order chi connectivity index (χ1) is 19.7. The fourth-order valence-electron chi connectivity index (χ4n) is 4.17. The highest BCUT2D eigenvalue weighted by Gasteiger charge is 2.24. The summed E-state index contributed by atoms with van der Waals surface area (Å²) in [5.41, 5.74) is 13.9. The number of carboxylic acids is 1. The van der Waals surface area contributed by atoms with E-state index in [0.29, 0.717) is 29.0 Å². The zero-order valence-electron chi connectivity index (χ0n) is 23.5. The summed E-state index contributed by atoms with van der Waals surface area (Å²) in [7, 11) is 1.85. The number of nitrogens with two attached hydrogens (primary N) is 2. The van der Waals surface area contributed by atoms with Gasteiger partial charge in [-0.15, -0.1) is 0 Å². The quantitative estimate of drug-likeness (QED) is 0.146. The number of unbranched alkanes of at least 4 members (excludes halogenated alkanes) is 5. The Morgan fingerprint density at radius 1 is 1.02 bits per heavy atom. The Kier molecular flexibility index (Phi) is 11.6. The molecule has 1 amide bonds. The summed E-state index contributed by atoms with van der Waals surface area (Å²) in [6.45, 7) is 2.77. The number of carbonyl (C=O) groups is 3. The molecule has 1 atom stereocenters. The van der Waals surface area contributed by atoms with Gasteiger partial charge in [0.15, 0.2) is 17.0 Å². The highest BCUT2D eigenvalue weighted by atomic mass is 16.5. The average molecular weight is 567 g/mol. The van der Waals surface area contributed by atoms with Crippen molar-refractivity contribution in [3.8, 4) is 0 Å². The van der Waals surface area contributed by atoms with Crippen LogP contribution in [-0.2, 0) is 20.9 Å². The number of fused-ring (bicyclic) bond motifs is 1. The largest absolute Gasteiger partial charge is 0.481 e. The third kappa shape index (κ3) is 9.55. The minimum atomic E-state index is -1.06. The van der Waals surface area contributed by atoms with Crippen molar-refractivity contribution >= 4 is 46.5 Å². The van der Waals surface area contributed by atoms with E-state index in [4.69, 9.17) is 21.3 Å². The number of aromatic nitrogens is 4. The van der Waals surface area contributed by atoms with Crippen molar-refractivity contribution in [3.05, 3.63) is 41.7 Å². The van der Waals surface area contributed by atoms with Crippen molar-refractivity contribution in [1.82, 2.24) is 25.3 Å². The van der Waals surface area contributed by atoms with Crippen molar-refractivity contribution < 1.29 is 24.2 Å². The zero-order valence-corrected chi connectivity index (χ0v) is 23.5. The van der Waals surface area contributed by atoms with Gasteiger partial charge in [0.05, 0.1) is 25.0 Å². The first-order valence-electron chi connectivity index (χ1n) is 13.7. The lowest BCUT2D eigenvalue weighted by Gasteiger charge is -2.20. The molecule has 1 unspecified atom stereocenters. The molecule has 1 aromatic carbocycles. The van der Waals surface area contributed by atoms with Crippen LogP contribution in [0.2, 0.25) is 0 Å². The molecule has 220 valence electrons. The van der Waals surface area contributed by atoms with Crippen LogP contribution in [0.5, 0.6) is 0 Å². The number of amides is 1. The third-order valence-electron chi connectivity index (χ3n) is 6.45. The number of carboxylic acid groups (broad SMARTS) is 1. The molecule has 0 aliphatic carbocycles. The molecule has 6 N–H and O–H groups in total. The Morgan fingerprint density at radius 3 is 2.44 bits per heavy atom. The first-order valence-corrected chi connectivity index (χ1v) is 13.7. The number of benzene rings is 1. The Labute approximate surface area is 238 Å². The summed E-state index contributed by atoms with van der Waals surface area (Å²) < 4.78 is 5.34. The van der Waals surface area contributed by atoms with Gasteiger partial charge in [0.2, 0.25) is 5.95 Å². The number of nitrogens with one attached hydrogen (secondary N) is 1. The smallest absolute Gasteiger partial charge is 0.328 e. The van der Waals surface area contributed by atoms with E-state index >= 15 is 0 Å². The number of ether oxygens (including phenoxy) is 1. The second kappa shape index (κ2) is 15.3. The van der Waals surface area contributed by atoms with Gasteiger partial charge in [0, 0.05) is 24.7 Å². The zero-order chi connectivity index (χ0) is 29.8. The van der Waals surface area contributed by atoms with Crippen LogP contribution in [0.4, 0.5) is 17.5 Å².